The summed E-state index contributed by atoms with van der Waals surface area (Å²) in [6.07, 6.45) is 6.32. The van der Waals surface area contributed by atoms with Gasteiger partial charge in [0.15, 0.2) is 5.78 Å². The number of aliphatic hydroxyl groups excluding tert-OH is 1. The molecule has 2 unspecified atom stereocenters. The number of carbonyl (C=O) groups excluding carboxylic acids is 1. The highest BCUT2D eigenvalue weighted by molar-refractivity contribution is 8.01. The van der Waals surface area contributed by atoms with Gasteiger partial charge in [-0.15, -0.1) is 11.8 Å². The molecule has 0 aromatic heterocycles. The Morgan fingerprint density at radius 1 is 1.31 bits per heavy atom. The molecule has 1 saturated heterocycles. The van der Waals surface area contributed by atoms with Crippen molar-refractivity contribution in [3.05, 3.63) is 0 Å². The number of hydrogen-bond acceptors (Lipinski definition) is 4. The molecule has 0 spiro atoms. The Balaban J connectivity index is 2.09. The lowest BCUT2D eigenvalue weighted by atomic mass is 9.98. The third kappa shape index (κ3) is 4.15. The monoisotopic (exact) mass is 241 g/mol. The maximum atomic E-state index is 11.3. The third-order valence-electron chi connectivity index (χ3n) is 2.94. The van der Waals surface area contributed by atoms with Gasteiger partial charge in [-0.1, -0.05) is 25.7 Å². The molecule has 90 valence electrons. The summed E-state index contributed by atoms with van der Waals surface area (Å²) in [6, 6.07) is 2.12. The van der Waals surface area contributed by atoms with E-state index >= 15 is 0 Å². The number of nitriles is 1. The third-order valence-corrected chi connectivity index (χ3v) is 4.33. The van der Waals surface area contributed by atoms with Crippen LogP contribution in [0.5, 0.6) is 0 Å². The predicted octanol–water partition coefficient (Wildman–Crippen LogP) is 2.14. The van der Waals surface area contributed by atoms with E-state index in [9.17, 15) is 4.79 Å². The summed E-state index contributed by atoms with van der Waals surface area (Å²) in [4.78, 5) is 11.3. The van der Waals surface area contributed by atoms with E-state index in [2.05, 4.69) is 6.07 Å². The lowest BCUT2D eigenvalue weighted by molar-refractivity contribution is -0.118. The van der Waals surface area contributed by atoms with E-state index in [-0.39, 0.29) is 23.6 Å². The molecule has 1 N–H and O–H groups in total. The molecule has 1 rings (SSSR count). The number of thioether (sulfide) groups is 1. The van der Waals surface area contributed by atoms with E-state index in [4.69, 9.17) is 10.4 Å². The lowest BCUT2D eigenvalue weighted by Gasteiger charge is -2.10. The summed E-state index contributed by atoms with van der Waals surface area (Å²) in [7, 11) is 0. The quantitative estimate of drug-likeness (QED) is 0.694. The fourth-order valence-corrected chi connectivity index (χ4v) is 3.27. The summed E-state index contributed by atoms with van der Waals surface area (Å²) in [5, 5.41) is 17.7. The Morgan fingerprint density at radius 3 is 2.69 bits per heavy atom. The van der Waals surface area contributed by atoms with Crippen LogP contribution >= 0.6 is 11.8 Å². The highest BCUT2D eigenvalue weighted by Gasteiger charge is 2.34. The summed E-state index contributed by atoms with van der Waals surface area (Å²) in [5.41, 5.74) is 0. The molecule has 0 radical (unpaired) electrons. The van der Waals surface area contributed by atoms with E-state index in [0.717, 1.165) is 38.5 Å². The zero-order valence-corrected chi connectivity index (χ0v) is 10.3. The summed E-state index contributed by atoms with van der Waals surface area (Å²) < 4.78 is 0. The molecule has 2 atom stereocenters. The standard InChI is InChI=1S/C12H19NO2S/c13-8-10-11(15)9-16-12(10)6-4-2-1-3-5-7-14/h10,12,14H,1-7,9H2. The highest BCUT2D eigenvalue weighted by Crippen LogP contribution is 2.32. The molecular weight excluding hydrogens is 222 g/mol. The van der Waals surface area contributed by atoms with Crippen LogP contribution in [0.4, 0.5) is 0 Å². The van der Waals surface area contributed by atoms with Crippen LogP contribution in [0.1, 0.15) is 38.5 Å². The average molecular weight is 241 g/mol. The van der Waals surface area contributed by atoms with Crippen molar-refractivity contribution in [2.45, 2.75) is 43.8 Å². The van der Waals surface area contributed by atoms with Crippen LogP contribution in [0.15, 0.2) is 0 Å². The van der Waals surface area contributed by atoms with E-state index in [1.807, 2.05) is 0 Å². The first-order valence-corrected chi connectivity index (χ1v) is 6.99. The van der Waals surface area contributed by atoms with Crippen LogP contribution in [0.25, 0.3) is 0 Å². The van der Waals surface area contributed by atoms with Gasteiger partial charge in [-0.25, -0.2) is 0 Å². The molecule has 0 bridgehead atoms. The maximum absolute atomic E-state index is 11.3. The molecule has 1 heterocycles. The van der Waals surface area contributed by atoms with E-state index in [1.165, 1.54) is 0 Å². The SMILES string of the molecule is N#CC1C(=O)CSC1CCCCCCCO. The van der Waals surface area contributed by atoms with Gasteiger partial charge in [0.05, 0.1) is 11.8 Å². The molecule has 1 fully saturated rings. The molecule has 1 aliphatic rings. The zero-order valence-electron chi connectivity index (χ0n) is 9.52. The molecule has 0 aromatic carbocycles. The van der Waals surface area contributed by atoms with Gasteiger partial charge in [0.2, 0.25) is 0 Å². The maximum Gasteiger partial charge on any atom is 0.160 e. The van der Waals surface area contributed by atoms with Crippen LogP contribution in [0.2, 0.25) is 0 Å². The Bertz CT molecular complexity index is 262. The number of nitrogens with zero attached hydrogens (tertiary/aromatic N) is 1. The first-order chi connectivity index (χ1) is 7.79. The van der Waals surface area contributed by atoms with Crippen LogP contribution < -0.4 is 0 Å². The molecule has 4 heteroatoms. The van der Waals surface area contributed by atoms with Crippen molar-refractivity contribution in [2.75, 3.05) is 12.4 Å². The fourth-order valence-electron chi connectivity index (χ4n) is 1.98. The number of rotatable bonds is 7. The van der Waals surface area contributed by atoms with Crippen molar-refractivity contribution in [1.82, 2.24) is 0 Å². The minimum atomic E-state index is -0.359. The predicted molar refractivity (Wildman–Crippen MR) is 65.1 cm³/mol. The molecule has 0 saturated carbocycles. The summed E-state index contributed by atoms with van der Waals surface area (Å²) in [6.45, 7) is 0.281. The van der Waals surface area contributed by atoms with E-state index in [1.54, 1.807) is 11.8 Å². The lowest BCUT2D eigenvalue weighted by Crippen LogP contribution is -2.16. The molecular formula is C12H19NO2S. The summed E-state index contributed by atoms with van der Waals surface area (Å²) in [5.74, 6) is 0.271. The van der Waals surface area contributed by atoms with Crippen molar-refractivity contribution in [1.29, 1.82) is 5.26 Å². The molecule has 1 aliphatic heterocycles. The van der Waals surface area contributed by atoms with Crippen molar-refractivity contribution in [3.8, 4) is 6.07 Å². The Labute approximate surface area is 101 Å². The van der Waals surface area contributed by atoms with Crippen molar-refractivity contribution in [2.24, 2.45) is 5.92 Å². The van der Waals surface area contributed by atoms with Gasteiger partial charge in [0, 0.05) is 11.9 Å². The molecule has 0 amide bonds. The van der Waals surface area contributed by atoms with Crippen molar-refractivity contribution >= 4 is 17.5 Å². The average Bonchev–Trinajstić information content (AvgIpc) is 2.64. The Hall–Kier alpha value is -0.530. The fraction of sp³-hybridized carbons (Fsp3) is 0.833. The largest absolute Gasteiger partial charge is 0.396 e. The molecule has 16 heavy (non-hydrogen) atoms. The van der Waals surface area contributed by atoms with Crippen molar-refractivity contribution in [3.63, 3.8) is 0 Å². The number of unbranched alkanes of at least 4 members (excludes halogenated alkanes) is 4. The van der Waals surface area contributed by atoms with Crippen molar-refractivity contribution < 1.29 is 9.90 Å². The van der Waals surface area contributed by atoms with Gasteiger partial charge in [-0.3, -0.25) is 4.79 Å². The number of carbonyl (C=O) groups is 1. The Morgan fingerprint density at radius 2 is 2.00 bits per heavy atom. The van der Waals surface area contributed by atoms with Gasteiger partial charge >= 0.3 is 0 Å². The number of hydrogen-bond donors (Lipinski definition) is 1. The first kappa shape index (κ1) is 13.5. The topological polar surface area (TPSA) is 61.1 Å². The highest BCUT2D eigenvalue weighted by atomic mass is 32.2. The van der Waals surface area contributed by atoms with Crippen LogP contribution in [-0.4, -0.2) is 28.5 Å². The van der Waals surface area contributed by atoms with Gasteiger partial charge in [-0.05, 0) is 12.8 Å². The zero-order chi connectivity index (χ0) is 11.8. The minimum Gasteiger partial charge on any atom is -0.396 e. The number of Topliss-reactive ketones (excluding diaryl/α,β-unsaturated/α-hetero) is 1. The molecule has 3 nitrogen and oxygen atoms in total. The Kier molecular flexibility index (Phi) is 6.51. The summed E-state index contributed by atoms with van der Waals surface area (Å²) >= 11 is 1.64. The van der Waals surface area contributed by atoms with Gasteiger partial charge in [0.25, 0.3) is 0 Å². The second-order valence-electron chi connectivity index (χ2n) is 4.20. The van der Waals surface area contributed by atoms with Gasteiger partial charge in [0.1, 0.15) is 5.92 Å². The van der Waals surface area contributed by atoms with E-state index < -0.39 is 0 Å². The normalized spacial score (nSPS) is 24.6. The van der Waals surface area contributed by atoms with Crippen LogP contribution in [-0.2, 0) is 4.79 Å². The molecule has 0 aromatic rings. The molecule has 0 aliphatic carbocycles. The van der Waals surface area contributed by atoms with Gasteiger partial charge in [-0.2, -0.15) is 5.26 Å². The van der Waals surface area contributed by atoms with Crippen LogP contribution in [0.3, 0.4) is 0 Å². The number of aliphatic hydroxyl groups is 1. The second-order valence-corrected chi connectivity index (χ2v) is 5.43. The first-order valence-electron chi connectivity index (χ1n) is 5.94. The number of ketones is 1. The van der Waals surface area contributed by atoms with Crippen LogP contribution in [0, 0.1) is 17.2 Å². The second kappa shape index (κ2) is 7.70. The van der Waals surface area contributed by atoms with E-state index in [0.29, 0.717) is 5.75 Å². The smallest absolute Gasteiger partial charge is 0.160 e. The minimum absolute atomic E-state index is 0.109. The van der Waals surface area contributed by atoms with Gasteiger partial charge < -0.3 is 5.11 Å².